The number of hydrogen-bond acceptors (Lipinski definition) is 0. The third-order valence-corrected chi connectivity index (χ3v) is 4.43. The lowest BCUT2D eigenvalue weighted by Crippen LogP contribution is -2.18. The van der Waals surface area contributed by atoms with Crippen LogP contribution in [-0.2, 0) is 0 Å². The molecule has 0 unspecified atom stereocenters. The van der Waals surface area contributed by atoms with Gasteiger partial charge >= 0.3 is 0 Å². The number of rotatable bonds is 1. The molecule has 0 saturated carbocycles. The Morgan fingerprint density at radius 3 is 1.88 bits per heavy atom. The molecule has 0 nitrogen and oxygen atoms in total. The highest BCUT2D eigenvalue weighted by Gasteiger charge is 2.17. The van der Waals surface area contributed by atoms with Crippen molar-refractivity contribution < 1.29 is 0 Å². The summed E-state index contributed by atoms with van der Waals surface area (Å²) in [6.45, 7) is 8.39. The van der Waals surface area contributed by atoms with Gasteiger partial charge in [0.05, 0.1) is 0 Å². The molecule has 8 heavy (non-hydrogen) atoms. The average molecular weight is 149 g/mol. The SMILES string of the molecule is C/C=C(/C)[Si](C)(C)Cl. The normalized spacial score (nSPS) is 14.4. The predicted molar refractivity (Wildman–Crippen MR) is 42.8 cm³/mol. The van der Waals surface area contributed by atoms with Crippen LogP contribution in [0.4, 0.5) is 0 Å². The van der Waals surface area contributed by atoms with Gasteiger partial charge in [-0.05, 0) is 13.8 Å². The van der Waals surface area contributed by atoms with Gasteiger partial charge in [0.1, 0.15) is 0 Å². The number of allylic oxidation sites excluding steroid dienone is 2. The topological polar surface area (TPSA) is 0 Å². The molecule has 0 radical (unpaired) electrons. The first-order valence-corrected chi connectivity index (χ1v) is 6.82. The van der Waals surface area contributed by atoms with Gasteiger partial charge in [-0.1, -0.05) is 24.4 Å². The minimum atomic E-state index is -1.43. The van der Waals surface area contributed by atoms with E-state index < -0.39 is 7.38 Å². The standard InChI is InChI=1S/C6H13ClSi/c1-5-6(2)8(3,4)7/h5H,1-4H3/b6-5-. The third-order valence-electron chi connectivity index (χ3n) is 1.37. The lowest BCUT2D eigenvalue weighted by Gasteiger charge is -2.11. The molecule has 0 rings (SSSR count). The molecule has 0 spiro atoms. The second-order valence-corrected chi connectivity index (χ2v) is 9.01. The minimum absolute atomic E-state index is 1.36. The van der Waals surface area contributed by atoms with Gasteiger partial charge < -0.3 is 0 Å². The van der Waals surface area contributed by atoms with E-state index in [0.717, 1.165) is 0 Å². The van der Waals surface area contributed by atoms with Gasteiger partial charge in [0.25, 0.3) is 0 Å². The highest BCUT2D eigenvalue weighted by molar-refractivity contribution is 7.22. The summed E-state index contributed by atoms with van der Waals surface area (Å²) in [5.41, 5.74) is 0. The first kappa shape index (κ1) is 8.25. The summed E-state index contributed by atoms with van der Waals surface area (Å²) in [5.74, 6) is 0. The molecule has 0 atom stereocenters. The van der Waals surface area contributed by atoms with Crippen LogP contribution < -0.4 is 0 Å². The molecule has 0 aliphatic heterocycles. The Morgan fingerprint density at radius 2 is 1.88 bits per heavy atom. The Hall–Kier alpha value is 0.247. The molecule has 0 aromatic carbocycles. The highest BCUT2D eigenvalue weighted by Crippen LogP contribution is 2.17. The van der Waals surface area contributed by atoms with E-state index in [1.807, 2.05) is 6.92 Å². The van der Waals surface area contributed by atoms with E-state index in [2.05, 4.69) is 26.1 Å². The summed E-state index contributed by atoms with van der Waals surface area (Å²) in [5, 5.41) is 1.36. The van der Waals surface area contributed by atoms with E-state index in [4.69, 9.17) is 11.1 Å². The maximum absolute atomic E-state index is 6.05. The molecule has 0 aliphatic carbocycles. The fourth-order valence-electron chi connectivity index (χ4n) is 0.343. The Balaban J connectivity index is 4.03. The van der Waals surface area contributed by atoms with E-state index >= 15 is 0 Å². The van der Waals surface area contributed by atoms with E-state index in [0.29, 0.717) is 0 Å². The van der Waals surface area contributed by atoms with E-state index in [-0.39, 0.29) is 0 Å². The zero-order chi connectivity index (χ0) is 6.78. The molecular formula is C6H13ClSi. The zero-order valence-electron chi connectivity index (χ0n) is 5.96. The highest BCUT2D eigenvalue weighted by atomic mass is 35.6. The smallest absolute Gasteiger partial charge is 0.162 e. The minimum Gasteiger partial charge on any atom is -0.162 e. The Morgan fingerprint density at radius 1 is 1.50 bits per heavy atom. The first-order chi connectivity index (χ1) is 3.48. The molecule has 0 amide bonds. The Kier molecular flexibility index (Phi) is 2.78. The largest absolute Gasteiger partial charge is 0.176 e. The molecule has 0 bridgehead atoms. The lowest BCUT2D eigenvalue weighted by molar-refractivity contribution is 1.53. The van der Waals surface area contributed by atoms with Crippen molar-refractivity contribution in [1.29, 1.82) is 0 Å². The van der Waals surface area contributed by atoms with Crippen LogP contribution in [0.25, 0.3) is 0 Å². The molecule has 0 aliphatic rings. The van der Waals surface area contributed by atoms with Crippen molar-refractivity contribution >= 4 is 18.5 Å². The number of hydrogen-bond donors (Lipinski definition) is 0. The third kappa shape index (κ3) is 2.53. The summed E-state index contributed by atoms with van der Waals surface area (Å²) < 4.78 is 0. The fraction of sp³-hybridized carbons (Fsp3) is 0.667. The summed E-state index contributed by atoms with van der Waals surface area (Å²) in [7, 11) is -1.43. The predicted octanol–water partition coefficient (Wildman–Crippen LogP) is 2.94. The van der Waals surface area contributed by atoms with Gasteiger partial charge in [-0.2, -0.15) is 11.1 Å². The summed E-state index contributed by atoms with van der Waals surface area (Å²) in [6, 6.07) is 0. The van der Waals surface area contributed by atoms with Crippen LogP contribution in [0.15, 0.2) is 11.3 Å². The van der Waals surface area contributed by atoms with Crippen molar-refractivity contribution in [3.05, 3.63) is 11.3 Å². The molecule has 0 N–H and O–H groups in total. The summed E-state index contributed by atoms with van der Waals surface area (Å²) in [6.07, 6.45) is 2.10. The van der Waals surface area contributed by atoms with Gasteiger partial charge in [0.15, 0.2) is 7.38 Å². The fourth-order valence-corrected chi connectivity index (χ4v) is 1.36. The van der Waals surface area contributed by atoms with Crippen LogP contribution in [-0.4, -0.2) is 7.38 Å². The van der Waals surface area contributed by atoms with E-state index in [1.54, 1.807) is 0 Å². The monoisotopic (exact) mass is 148 g/mol. The van der Waals surface area contributed by atoms with E-state index in [1.165, 1.54) is 5.20 Å². The van der Waals surface area contributed by atoms with Crippen molar-refractivity contribution in [2.45, 2.75) is 26.9 Å². The molecule has 0 aromatic rings. The average Bonchev–Trinajstić information content (AvgIpc) is 1.62. The van der Waals surface area contributed by atoms with Crippen LogP contribution in [0, 0.1) is 0 Å². The van der Waals surface area contributed by atoms with E-state index in [9.17, 15) is 0 Å². The van der Waals surface area contributed by atoms with Gasteiger partial charge in [-0.15, -0.1) is 0 Å². The Labute approximate surface area is 57.3 Å². The van der Waals surface area contributed by atoms with Gasteiger partial charge in [-0.3, -0.25) is 0 Å². The van der Waals surface area contributed by atoms with Gasteiger partial charge in [0, 0.05) is 0 Å². The van der Waals surface area contributed by atoms with Crippen LogP contribution in [0.2, 0.25) is 13.1 Å². The van der Waals surface area contributed by atoms with Gasteiger partial charge in [-0.25, -0.2) is 0 Å². The lowest BCUT2D eigenvalue weighted by atomic mass is 10.6. The molecule has 0 saturated heterocycles. The maximum Gasteiger partial charge on any atom is 0.176 e. The second-order valence-electron chi connectivity index (χ2n) is 2.44. The van der Waals surface area contributed by atoms with Crippen LogP contribution in [0.3, 0.4) is 0 Å². The molecule has 0 aromatic heterocycles. The van der Waals surface area contributed by atoms with Gasteiger partial charge in [0.2, 0.25) is 0 Å². The summed E-state index contributed by atoms with van der Waals surface area (Å²) >= 11 is 6.05. The second kappa shape index (κ2) is 2.69. The van der Waals surface area contributed by atoms with Crippen molar-refractivity contribution in [2.24, 2.45) is 0 Å². The van der Waals surface area contributed by atoms with Crippen molar-refractivity contribution in [3.8, 4) is 0 Å². The Bertz CT molecular complexity index is 99.6. The first-order valence-electron chi connectivity index (χ1n) is 2.81. The van der Waals surface area contributed by atoms with Crippen LogP contribution >= 0.6 is 11.1 Å². The molecule has 48 valence electrons. The van der Waals surface area contributed by atoms with Crippen molar-refractivity contribution in [1.82, 2.24) is 0 Å². The maximum atomic E-state index is 6.05. The van der Waals surface area contributed by atoms with Crippen molar-refractivity contribution in [3.63, 3.8) is 0 Å². The molecular weight excluding hydrogens is 136 g/mol. The van der Waals surface area contributed by atoms with Crippen LogP contribution in [0.1, 0.15) is 13.8 Å². The molecule has 0 fully saturated rings. The van der Waals surface area contributed by atoms with Crippen molar-refractivity contribution in [2.75, 3.05) is 0 Å². The zero-order valence-corrected chi connectivity index (χ0v) is 7.71. The summed E-state index contributed by atoms with van der Waals surface area (Å²) in [4.78, 5) is 0. The quantitative estimate of drug-likeness (QED) is 0.396. The number of halogens is 1. The molecule has 0 heterocycles. The van der Waals surface area contributed by atoms with Crippen LogP contribution in [0.5, 0.6) is 0 Å². The molecule has 2 heteroatoms.